The molecule has 0 unspecified atom stereocenters. The van der Waals surface area contributed by atoms with Crippen molar-refractivity contribution in [2.45, 2.75) is 20.8 Å². The molecule has 0 saturated heterocycles. The number of hydrogen-bond acceptors (Lipinski definition) is 4. The number of aliphatic carboxylic acids is 1. The second kappa shape index (κ2) is 9.88. The molecule has 1 N–H and O–H groups in total. The monoisotopic (exact) mass is 428 g/mol. The number of allylic oxidation sites excluding steroid dienone is 6. The molecule has 0 spiro atoms. The van der Waals surface area contributed by atoms with Gasteiger partial charge < -0.3 is 9.84 Å². The van der Waals surface area contributed by atoms with Crippen LogP contribution in [0.2, 0.25) is 0 Å². The molecule has 0 radical (unpaired) electrons. The molecule has 32 heavy (non-hydrogen) atoms. The molecule has 3 rings (SSSR count). The molecular weight excluding hydrogens is 404 g/mol. The molecule has 2 aromatic carbocycles. The van der Waals surface area contributed by atoms with E-state index in [9.17, 15) is 14.4 Å². The van der Waals surface area contributed by atoms with E-state index in [0.717, 1.165) is 17.2 Å². The fraction of sp³-hybridized carbons (Fsp3) is 0.148. The van der Waals surface area contributed by atoms with Crippen LogP contribution in [0.5, 0.6) is 5.75 Å². The van der Waals surface area contributed by atoms with Crippen molar-refractivity contribution < 1.29 is 24.2 Å². The molecule has 1 aliphatic rings. The van der Waals surface area contributed by atoms with Crippen LogP contribution in [0.3, 0.4) is 0 Å². The molecule has 5 nitrogen and oxygen atoms in total. The van der Waals surface area contributed by atoms with Gasteiger partial charge in [0.05, 0.1) is 12.2 Å². The lowest BCUT2D eigenvalue weighted by atomic mass is 9.82. The standard InChI is InChI=1S/C27H24O5/c1-4-32-23-16-19(13-12-17(2)8-7-9-18(3)14-24(28)29)15-22-25(23)27(31)21-11-6-5-10-20(21)26(22)30/h5-16H,4H2,1-3H3,(H,28,29)/b9-7+,13-12+,17-8+,18-14+. The number of carbonyl (C=O) groups is 3. The lowest BCUT2D eigenvalue weighted by Crippen LogP contribution is -2.22. The van der Waals surface area contributed by atoms with Crippen molar-refractivity contribution in [2.75, 3.05) is 6.61 Å². The summed E-state index contributed by atoms with van der Waals surface area (Å²) in [5.41, 5.74) is 3.75. The Bertz CT molecular complexity index is 1210. The van der Waals surface area contributed by atoms with E-state index in [4.69, 9.17) is 9.84 Å². The Morgan fingerprint density at radius 3 is 2.31 bits per heavy atom. The minimum atomic E-state index is -0.985. The van der Waals surface area contributed by atoms with Crippen molar-refractivity contribution >= 4 is 23.6 Å². The molecule has 1 aliphatic carbocycles. The van der Waals surface area contributed by atoms with E-state index >= 15 is 0 Å². The highest BCUT2D eigenvalue weighted by Gasteiger charge is 2.32. The van der Waals surface area contributed by atoms with Crippen LogP contribution in [0.1, 0.15) is 58.2 Å². The van der Waals surface area contributed by atoms with Crippen LogP contribution in [-0.4, -0.2) is 29.2 Å². The zero-order valence-corrected chi connectivity index (χ0v) is 18.2. The first-order valence-electron chi connectivity index (χ1n) is 10.2. The summed E-state index contributed by atoms with van der Waals surface area (Å²) >= 11 is 0. The summed E-state index contributed by atoms with van der Waals surface area (Å²) in [6.07, 6.45) is 10.2. The number of carbonyl (C=O) groups excluding carboxylic acids is 2. The quantitative estimate of drug-likeness (QED) is 0.402. The fourth-order valence-corrected chi connectivity index (χ4v) is 3.45. The van der Waals surface area contributed by atoms with E-state index in [0.29, 0.717) is 40.2 Å². The number of fused-ring (bicyclic) bond motifs is 2. The summed E-state index contributed by atoms with van der Waals surface area (Å²) in [5, 5.41) is 8.74. The highest BCUT2D eigenvalue weighted by molar-refractivity contribution is 6.29. The topological polar surface area (TPSA) is 80.7 Å². The molecule has 0 bridgehead atoms. The van der Waals surface area contributed by atoms with Crippen molar-refractivity contribution in [3.63, 3.8) is 0 Å². The van der Waals surface area contributed by atoms with Crippen molar-refractivity contribution in [1.82, 2.24) is 0 Å². The van der Waals surface area contributed by atoms with E-state index in [-0.39, 0.29) is 11.6 Å². The van der Waals surface area contributed by atoms with Gasteiger partial charge in [-0.2, -0.15) is 0 Å². The molecule has 0 aromatic heterocycles. The van der Waals surface area contributed by atoms with Crippen LogP contribution in [0.25, 0.3) is 6.08 Å². The summed E-state index contributed by atoms with van der Waals surface area (Å²) in [6.45, 7) is 5.82. The van der Waals surface area contributed by atoms with Gasteiger partial charge in [0, 0.05) is 22.8 Å². The third-order valence-corrected chi connectivity index (χ3v) is 4.92. The van der Waals surface area contributed by atoms with E-state index in [1.807, 2.05) is 32.1 Å². The van der Waals surface area contributed by atoms with Gasteiger partial charge in [0.15, 0.2) is 11.6 Å². The number of ether oxygens (including phenoxy) is 1. The van der Waals surface area contributed by atoms with Crippen LogP contribution in [0.4, 0.5) is 0 Å². The predicted molar refractivity (Wildman–Crippen MR) is 124 cm³/mol. The van der Waals surface area contributed by atoms with Crippen LogP contribution in [-0.2, 0) is 4.79 Å². The molecule has 0 aliphatic heterocycles. The van der Waals surface area contributed by atoms with Gasteiger partial charge in [0.25, 0.3) is 0 Å². The molecule has 0 atom stereocenters. The minimum absolute atomic E-state index is 0.192. The maximum absolute atomic E-state index is 13.1. The zero-order valence-electron chi connectivity index (χ0n) is 18.2. The van der Waals surface area contributed by atoms with Crippen LogP contribution in [0, 0.1) is 0 Å². The zero-order chi connectivity index (χ0) is 23.3. The van der Waals surface area contributed by atoms with E-state index < -0.39 is 5.97 Å². The van der Waals surface area contributed by atoms with Crippen molar-refractivity contribution in [3.05, 3.63) is 106 Å². The highest BCUT2D eigenvalue weighted by Crippen LogP contribution is 2.35. The summed E-state index contributed by atoms with van der Waals surface area (Å²) in [6, 6.07) is 10.3. The van der Waals surface area contributed by atoms with Crippen molar-refractivity contribution in [1.29, 1.82) is 0 Å². The van der Waals surface area contributed by atoms with Gasteiger partial charge in [-0.25, -0.2) is 4.79 Å². The maximum atomic E-state index is 13.1. The van der Waals surface area contributed by atoms with Gasteiger partial charge in [-0.1, -0.05) is 60.2 Å². The smallest absolute Gasteiger partial charge is 0.328 e. The van der Waals surface area contributed by atoms with Gasteiger partial charge in [-0.05, 0) is 44.0 Å². The molecule has 0 heterocycles. The average Bonchev–Trinajstić information content (AvgIpc) is 2.75. The Hall–Kier alpha value is -3.99. The number of ketones is 2. The van der Waals surface area contributed by atoms with E-state index in [2.05, 4.69) is 0 Å². The second-order valence-electron chi connectivity index (χ2n) is 7.41. The molecule has 2 aromatic rings. The van der Waals surface area contributed by atoms with Gasteiger partial charge >= 0.3 is 5.97 Å². The van der Waals surface area contributed by atoms with E-state index in [1.54, 1.807) is 55.5 Å². The molecule has 5 heteroatoms. The van der Waals surface area contributed by atoms with Gasteiger partial charge in [0.1, 0.15) is 5.75 Å². The minimum Gasteiger partial charge on any atom is -0.493 e. The second-order valence-corrected chi connectivity index (χ2v) is 7.41. The van der Waals surface area contributed by atoms with E-state index in [1.165, 1.54) is 0 Å². The first-order valence-corrected chi connectivity index (χ1v) is 10.2. The first kappa shape index (κ1) is 22.7. The maximum Gasteiger partial charge on any atom is 0.328 e. The number of benzene rings is 2. The van der Waals surface area contributed by atoms with Crippen molar-refractivity contribution in [2.24, 2.45) is 0 Å². The fourth-order valence-electron chi connectivity index (χ4n) is 3.45. The summed E-state index contributed by atoms with van der Waals surface area (Å²) in [7, 11) is 0. The lowest BCUT2D eigenvalue weighted by molar-refractivity contribution is -0.131. The average molecular weight is 428 g/mol. The van der Waals surface area contributed by atoms with Crippen molar-refractivity contribution in [3.8, 4) is 5.75 Å². The Balaban J connectivity index is 1.94. The number of hydrogen-bond donors (Lipinski definition) is 1. The lowest BCUT2D eigenvalue weighted by Gasteiger charge is -2.20. The Labute approximate surface area is 187 Å². The molecular formula is C27H24O5. The largest absolute Gasteiger partial charge is 0.493 e. The summed E-state index contributed by atoms with van der Waals surface area (Å²) in [5.74, 6) is -0.989. The Morgan fingerprint density at radius 2 is 1.66 bits per heavy atom. The third-order valence-electron chi connectivity index (χ3n) is 4.92. The third kappa shape index (κ3) is 5.01. The van der Waals surface area contributed by atoms with Crippen LogP contribution in [0.15, 0.2) is 77.9 Å². The molecule has 0 saturated carbocycles. The number of carboxylic acid groups (broad SMARTS) is 1. The summed E-state index contributed by atoms with van der Waals surface area (Å²) < 4.78 is 5.72. The Morgan fingerprint density at radius 1 is 0.969 bits per heavy atom. The van der Waals surface area contributed by atoms with Crippen LogP contribution < -0.4 is 4.74 Å². The SMILES string of the molecule is CCOc1cc(/C=C/C(C)=C/C=C/C(C)=C/C(=O)O)cc2c1C(=O)c1ccccc1C2=O. The Kier molecular flexibility index (Phi) is 7.00. The van der Waals surface area contributed by atoms with Gasteiger partial charge in [0.2, 0.25) is 0 Å². The highest BCUT2D eigenvalue weighted by atomic mass is 16.5. The van der Waals surface area contributed by atoms with Crippen LogP contribution >= 0.6 is 0 Å². The normalized spacial score (nSPS) is 14.1. The van der Waals surface area contributed by atoms with Gasteiger partial charge in [-0.15, -0.1) is 0 Å². The molecule has 0 fully saturated rings. The van der Waals surface area contributed by atoms with Gasteiger partial charge in [-0.3, -0.25) is 9.59 Å². The summed E-state index contributed by atoms with van der Waals surface area (Å²) in [4.78, 5) is 36.8. The predicted octanol–water partition coefficient (Wildman–Crippen LogP) is 5.41. The molecule has 0 amide bonds. The number of rotatable bonds is 7. The first-order chi connectivity index (χ1) is 15.3. The number of carboxylic acids is 1. The molecule has 162 valence electrons.